The molecule has 0 amide bonds. The van der Waals surface area contributed by atoms with Crippen molar-refractivity contribution < 1.29 is 31.8 Å². The number of rotatable bonds is 3. The first-order valence-electron chi connectivity index (χ1n) is 6.50. The van der Waals surface area contributed by atoms with Gasteiger partial charge in [-0.2, -0.15) is 8.42 Å². The van der Waals surface area contributed by atoms with Crippen LogP contribution in [0.3, 0.4) is 0 Å². The van der Waals surface area contributed by atoms with Gasteiger partial charge in [0.1, 0.15) is 28.2 Å². The minimum absolute atomic E-state index is 0.0309. The number of phenolic OH excluding ortho intramolecular Hbond substituents is 2. The van der Waals surface area contributed by atoms with Crippen LogP contribution in [0.2, 0.25) is 0 Å². The molecular formula is C15H10O8S. The van der Waals surface area contributed by atoms with Crippen molar-refractivity contribution in [1.82, 2.24) is 0 Å². The third-order valence-corrected chi connectivity index (χ3v) is 3.52. The van der Waals surface area contributed by atoms with Crippen LogP contribution < -0.4 is 9.61 Å². The Morgan fingerprint density at radius 3 is 2.25 bits per heavy atom. The summed E-state index contributed by atoms with van der Waals surface area (Å²) in [5, 5.41) is 18.7. The molecule has 0 unspecified atom stereocenters. The van der Waals surface area contributed by atoms with E-state index >= 15 is 0 Å². The number of phenols is 2. The summed E-state index contributed by atoms with van der Waals surface area (Å²) in [7, 11) is -4.89. The largest absolute Gasteiger partial charge is 0.508 e. The van der Waals surface area contributed by atoms with Crippen LogP contribution in [-0.2, 0) is 10.4 Å². The standard InChI is InChI=1S/C15H10O8S/c16-9-3-1-8(2-4-9)12-7-11(18)15-13(22-12)5-10(17)6-14(15)23-24(19,20)21/h1-7,16-17H,(H,19,20,21). The molecular weight excluding hydrogens is 340 g/mol. The first kappa shape index (κ1) is 15.8. The zero-order valence-corrected chi connectivity index (χ0v) is 12.6. The van der Waals surface area contributed by atoms with E-state index in [1.807, 2.05) is 0 Å². The van der Waals surface area contributed by atoms with Crippen LogP contribution in [-0.4, -0.2) is 23.2 Å². The molecule has 0 atom stereocenters. The maximum atomic E-state index is 12.3. The molecule has 1 aromatic heterocycles. The Kier molecular flexibility index (Phi) is 3.66. The third-order valence-electron chi connectivity index (χ3n) is 3.13. The van der Waals surface area contributed by atoms with Crippen molar-refractivity contribution >= 4 is 21.4 Å². The summed E-state index contributed by atoms with van der Waals surface area (Å²) in [6.45, 7) is 0. The van der Waals surface area contributed by atoms with Crippen molar-refractivity contribution in [3.8, 4) is 28.6 Å². The van der Waals surface area contributed by atoms with Crippen LogP contribution in [0.4, 0.5) is 0 Å². The quantitative estimate of drug-likeness (QED) is 0.611. The highest BCUT2D eigenvalue weighted by Gasteiger charge is 2.17. The molecule has 0 radical (unpaired) electrons. The van der Waals surface area contributed by atoms with Gasteiger partial charge in [-0.3, -0.25) is 9.35 Å². The normalized spacial score (nSPS) is 11.5. The average molecular weight is 350 g/mol. The van der Waals surface area contributed by atoms with Crippen LogP contribution >= 0.6 is 0 Å². The Hall–Kier alpha value is -3.04. The molecule has 124 valence electrons. The third kappa shape index (κ3) is 3.16. The molecule has 3 rings (SSSR count). The van der Waals surface area contributed by atoms with Crippen LogP contribution in [0.5, 0.6) is 17.2 Å². The van der Waals surface area contributed by atoms with Gasteiger partial charge in [-0.25, -0.2) is 0 Å². The fourth-order valence-corrected chi connectivity index (χ4v) is 2.54. The molecule has 0 fully saturated rings. The smallest absolute Gasteiger partial charge is 0.446 e. The van der Waals surface area contributed by atoms with E-state index in [0.717, 1.165) is 18.2 Å². The van der Waals surface area contributed by atoms with Crippen molar-refractivity contribution in [3.05, 3.63) is 52.7 Å². The van der Waals surface area contributed by atoms with Gasteiger partial charge >= 0.3 is 10.4 Å². The average Bonchev–Trinajstić information content (AvgIpc) is 2.45. The summed E-state index contributed by atoms with van der Waals surface area (Å²) in [4.78, 5) is 12.3. The van der Waals surface area contributed by atoms with Crippen LogP contribution in [0, 0.1) is 0 Å². The fraction of sp³-hybridized carbons (Fsp3) is 0. The SMILES string of the molecule is O=c1cc(-c2ccc(O)cc2)oc2cc(O)cc(OS(=O)(=O)O)c12. The van der Waals surface area contributed by atoms with Gasteiger partial charge in [0.2, 0.25) is 0 Å². The second kappa shape index (κ2) is 5.55. The Morgan fingerprint density at radius 1 is 0.958 bits per heavy atom. The van der Waals surface area contributed by atoms with E-state index in [4.69, 9.17) is 8.97 Å². The zero-order chi connectivity index (χ0) is 17.5. The number of aromatic hydroxyl groups is 2. The van der Waals surface area contributed by atoms with E-state index in [9.17, 15) is 23.4 Å². The van der Waals surface area contributed by atoms with Crippen LogP contribution in [0.25, 0.3) is 22.3 Å². The highest BCUT2D eigenvalue weighted by Crippen LogP contribution is 2.32. The molecule has 2 aromatic carbocycles. The van der Waals surface area contributed by atoms with E-state index in [-0.39, 0.29) is 22.5 Å². The monoisotopic (exact) mass is 350 g/mol. The molecule has 3 aromatic rings. The van der Waals surface area contributed by atoms with E-state index in [1.54, 1.807) is 0 Å². The van der Waals surface area contributed by atoms with E-state index in [2.05, 4.69) is 4.18 Å². The minimum atomic E-state index is -4.89. The minimum Gasteiger partial charge on any atom is -0.508 e. The topological polar surface area (TPSA) is 134 Å². The first-order chi connectivity index (χ1) is 11.2. The molecule has 3 N–H and O–H groups in total. The fourth-order valence-electron chi connectivity index (χ4n) is 2.19. The van der Waals surface area contributed by atoms with Gasteiger partial charge < -0.3 is 18.8 Å². The number of fused-ring (bicyclic) bond motifs is 1. The highest BCUT2D eigenvalue weighted by atomic mass is 32.3. The summed E-state index contributed by atoms with van der Waals surface area (Å²) in [5.74, 6) is -0.815. The van der Waals surface area contributed by atoms with Gasteiger partial charge in [0.15, 0.2) is 11.2 Å². The predicted molar refractivity (Wildman–Crippen MR) is 83.4 cm³/mol. The van der Waals surface area contributed by atoms with Crippen molar-refractivity contribution in [2.24, 2.45) is 0 Å². The molecule has 24 heavy (non-hydrogen) atoms. The number of hydrogen-bond acceptors (Lipinski definition) is 7. The molecule has 0 aliphatic rings. The molecule has 0 bridgehead atoms. The van der Waals surface area contributed by atoms with Crippen molar-refractivity contribution in [1.29, 1.82) is 0 Å². The van der Waals surface area contributed by atoms with Crippen molar-refractivity contribution in [2.45, 2.75) is 0 Å². The molecule has 0 spiro atoms. The highest BCUT2D eigenvalue weighted by molar-refractivity contribution is 7.81. The van der Waals surface area contributed by atoms with Gasteiger partial charge in [-0.05, 0) is 24.3 Å². The summed E-state index contributed by atoms with van der Waals surface area (Å²) < 4.78 is 40.4. The lowest BCUT2D eigenvalue weighted by Crippen LogP contribution is -2.10. The Morgan fingerprint density at radius 2 is 1.62 bits per heavy atom. The molecule has 1 heterocycles. The van der Waals surface area contributed by atoms with Crippen molar-refractivity contribution in [2.75, 3.05) is 0 Å². The van der Waals surface area contributed by atoms with E-state index < -0.39 is 27.3 Å². The Labute approximate surface area is 135 Å². The van der Waals surface area contributed by atoms with Gasteiger partial charge in [0.25, 0.3) is 0 Å². The summed E-state index contributed by atoms with van der Waals surface area (Å²) in [5.41, 5.74) is -0.297. The molecule has 0 aliphatic heterocycles. The van der Waals surface area contributed by atoms with Crippen molar-refractivity contribution in [3.63, 3.8) is 0 Å². The first-order valence-corrected chi connectivity index (χ1v) is 7.86. The summed E-state index contributed by atoms with van der Waals surface area (Å²) in [6.07, 6.45) is 0. The maximum absolute atomic E-state index is 12.3. The Bertz CT molecular complexity index is 1080. The molecule has 0 aliphatic carbocycles. The zero-order valence-electron chi connectivity index (χ0n) is 11.8. The predicted octanol–water partition coefficient (Wildman–Crippen LogP) is 2.05. The van der Waals surface area contributed by atoms with Crippen LogP contribution in [0.15, 0.2) is 51.7 Å². The lowest BCUT2D eigenvalue weighted by Gasteiger charge is -2.08. The van der Waals surface area contributed by atoms with Gasteiger partial charge in [0.05, 0.1) is 0 Å². The molecule has 9 heteroatoms. The number of hydrogen-bond donors (Lipinski definition) is 3. The van der Waals surface area contributed by atoms with Crippen LogP contribution in [0.1, 0.15) is 0 Å². The number of benzene rings is 2. The Balaban J connectivity index is 2.26. The summed E-state index contributed by atoms with van der Waals surface area (Å²) in [6, 6.07) is 8.90. The van der Waals surface area contributed by atoms with Gasteiger partial charge in [-0.15, -0.1) is 0 Å². The lowest BCUT2D eigenvalue weighted by atomic mass is 10.1. The van der Waals surface area contributed by atoms with E-state index in [1.165, 1.54) is 24.3 Å². The lowest BCUT2D eigenvalue weighted by molar-refractivity contribution is 0.387. The summed E-state index contributed by atoms with van der Waals surface area (Å²) >= 11 is 0. The molecule has 8 nitrogen and oxygen atoms in total. The van der Waals surface area contributed by atoms with Gasteiger partial charge in [0, 0.05) is 23.8 Å². The molecule has 0 saturated heterocycles. The molecule has 0 saturated carbocycles. The van der Waals surface area contributed by atoms with E-state index in [0.29, 0.717) is 5.56 Å². The second-order valence-corrected chi connectivity index (χ2v) is 5.87. The van der Waals surface area contributed by atoms with Gasteiger partial charge in [-0.1, -0.05) is 0 Å². The maximum Gasteiger partial charge on any atom is 0.446 e. The second-order valence-electron chi connectivity index (χ2n) is 4.85.